The molecule has 0 saturated heterocycles. The predicted octanol–water partition coefficient (Wildman–Crippen LogP) is 5.87. The highest BCUT2D eigenvalue weighted by Gasteiger charge is 2.51. The zero-order chi connectivity index (χ0) is 23.4. The first-order valence-electron chi connectivity index (χ1n) is 11.4. The van der Waals surface area contributed by atoms with Crippen LogP contribution in [-0.4, -0.2) is 27.1 Å². The number of carbonyl (C=O) groups excluding carboxylic acids is 1. The molecular weight excluding hydrogens is 479 g/mol. The molecule has 6 rings (SSSR count). The molecule has 0 heterocycles. The van der Waals surface area contributed by atoms with Crippen LogP contribution in [0.3, 0.4) is 0 Å². The molecule has 4 fully saturated rings. The summed E-state index contributed by atoms with van der Waals surface area (Å²) in [5, 5.41) is 3.46. The lowest BCUT2D eigenvalue weighted by atomic mass is 9.48. The van der Waals surface area contributed by atoms with Gasteiger partial charge in [-0.25, -0.2) is 8.42 Å². The highest BCUT2D eigenvalue weighted by Crippen LogP contribution is 2.60. The van der Waals surface area contributed by atoms with Crippen molar-refractivity contribution >= 4 is 50.5 Å². The molecule has 0 aromatic heterocycles. The van der Waals surface area contributed by atoms with E-state index >= 15 is 0 Å². The predicted molar refractivity (Wildman–Crippen MR) is 134 cm³/mol. The fraction of sp³-hybridized carbons (Fsp3) is 0.480. The Bertz CT molecular complexity index is 1130. The summed E-state index contributed by atoms with van der Waals surface area (Å²) in [6, 6.07) is 12.5. The number of rotatable bonds is 6. The lowest BCUT2D eigenvalue weighted by Gasteiger charge is -2.57. The van der Waals surface area contributed by atoms with Crippen LogP contribution in [0.5, 0.6) is 0 Å². The molecule has 1 N–H and O–H groups in total. The summed E-state index contributed by atoms with van der Waals surface area (Å²) >= 11 is 12.0. The van der Waals surface area contributed by atoms with Gasteiger partial charge in [-0.05, 0) is 97.6 Å². The molecule has 176 valence electrons. The van der Waals surface area contributed by atoms with E-state index in [1.165, 1.54) is 44.1 Å². The summed E-state index contributed by atoms with van der Waals surface area (Å²) in [7, 11) is -3.66. The van der Waals surface area contributed by atoms with Crippen molar-refractivity contribution in [1.29, 1.82) is 0 Å². The number of nitrogens with one attached hydrogen (secondary N) is 1. The van der Waals surface area contributed by atoms with E-state index in [-0.39, 0.29) is 12.0 Å². The number of hydrogen-bond donors (Lipinski definition) is 1. The van der Waals surface area contributed by atoms with E-state index in [4.69, 9.17) is 23.2 Å². The molecule has 4 saturated carbocycles. The van der Waals surface area contributed by atoms with Crippen molar-refractivity contribution in [2.45, 2.75) is 43.9 Å². The summed E-state index contributed by atoms with van der Waals surface area (Å²) in [5.74, 6) is 2.05. The van der Waals surface area contributed by atoms with Gasteiger partial charge in [-0.3, -0.25) is 9.10 Å². The molecule has 1 amide bonds. The minimum absolute atomic E-state index is 0.242. The highest BCUT2D eigenvalue weighted by atomic mass is 35.5. The summed E-state index contributed by atoms with van der Waals surface area (Å²) < 4.78 is 26.2. The van der Waals surface area contributed by atoms with Crippen molar-refractivity contribution in [3.05, 3.63) is 58.1 Å². The van der Waals surface area contributed by atoms with Crippen LogP contribution in [0.2, 0.25) is 10.0 Å². The number of carbonyl (C=O) groups is 1. The third kappa shape index (κ3) is 4.75. The van der Waals surface area contributed by atoms with Crippen molar-refractivity contribution in [2.24, 2.45) is 17.8 Å². The van der Waals surface area contributed by atoms with Crippen molar-refractivity contribution in [1.82, 2.24) is 0 Å². The maximum Gasteiger partial charge on any atom is 0.245 e. The van der Waals surface area contributed by atoms with Gasteiger partial charge in [0.15, 0.2) is 0 Å². The van der Waals surface area contributed by atoms with Crippen LogP contribution in [0.25, 0.3) is 0 Å². The van der Waals surface area contributed by atoms with Crippen molar-refractivity contribution < 1.29 is 13.2 Å². The van der Waals surface area contributed by atoms with Crippen molar-refractivity contribution in [3.63, 3.8) is 0 Å². The molecule has 4 aliphatic rings. The summed E-state index contributed by atoms with van der Waals surface area (Å²) in [6.07, 6.45) is 9.00. The average molecular weight is 507 g/mol. The van der Waals surface area contributed by atoms with Gasteiger partial charge < -0.3 is 5.32 Å². The van der Waals surface area contributed by atoms with Crippen LogP contribution in [-0.2, 0) is 20.2 Å². The van der Waals surface area contributed by atoms with Gasteiger partial charge in [-0.1, -0.05) is 35.3 Å². The van der Waals surface area contributed by atoms with Gasteiger partial charge in [0.05, 0.1) is 11.9 Å². The second-order valence-electron chi connectivity index (χ2n) is 10.2. The van der Waals surface area contributed by atoms with Crippen LogP contribution < -0.4 is 9.62 Å². The number of halogens is 2. The Morgan fingerprint density at radius 3 is 1.97 bits per heavy atom. The van der Waals surface area contributed by atoms with Crippen LogP contribution in [0.15, 0.2) is 42.5 Å². The van der Waals surface area contributed by atoms with Gasteiger partial charge >= 0.3 is 0 Å². The molecule has 5 nitrogen and oxygen atoms in total. The lowest BCUT2D eigenvalue weighted by molar-refractivity contribution is -0.114. The molecule has 0 aliphatic heterocycles. The highest BCUT2D eigenvalue weighted by molar-refractivity contribution is 7.92. The Hall–Kier alpha value is -1.76. The molecule has 2 aromatic rings. The van der Waals surface area contributed by atoms with Gasteiger partial charge in [0.1, 0.15) is 6.54 Å². The van der Waals surface area contributed by atoms with E-state index in [0.717, 1.165) is 28.3 Å². The largest absolute Gasteiger partial charge is 0.324 e. The monoisotopic (exact) mass is 506 g/mol. The Balaban J connectivity index is 1.35. The first kappa shape index (κ1) is 23.0. The Labute approximate surface area is 205 Å². The van der Waals surface area contributed by atoms with Crippen LogP contribution in [0.4, 0.5) is 11.4 Å². The first-order chi connectivity index (χ1) is 15.6. The molecule has 4 aliphatic carbocycles. The minimum Gasteiger partial charge on any atom is -0.324 e. The van der Waals surface area contributed by atoms with Crippen molar-refractivity contribution in [2.75, 3.05) is 22.4 Å². The molecule has 0 radical (unpaired) electrons. The number of sulfonamides is 1. The van der Waals surface area contributed by atoms with Gasteiger partial charge in [-0.15, -0.1) is 0 Å². The summed E-state index contributed by atoms with van der Waals surface area (Å²) in [6.45, 7) is -0.334. The molecule has 0 unspecified atom stereocenters. The number of amides is 1. The van der Waals surface area contributed by atoms with E-state index in [1.54, 1.807) is 18.2 Å². The van der Waals surface area contributed by atoms with E-state index in [1.807, 2.05) is 12.1 Å². The van der Waals surface area contributed by atoms with E-state index in [0.29, 0.717) is 21.4 Å². The second-order valence-corrected chi connectivity index (χ2v) is 13.0. The summed E-state index contributed by atoms with van der Waals surface area (Å²) in [4.78, 5) is 12.7. The van der Waals surface area contributed by atoms with Crippen LogP contribution in [0, 0.1) is 17.8 Å². The average Bonchev–Trinajstić information content (AvgIpc) is 2.69. The number of hydrogen-bond acceptors (Lipinski definition) is 3. The molecule has 4 bridgehead atoms. The third-order valence-electron chi connectivity index (χ3n) is 7.64. The molecule has 33 heavy (non-hydrogen) atoms. The number of nitrogens with zero attached hydrogens (tertiary/aromatic N) is 1. The van der Waals surface area contributed by atoms with Gasteiger partial charge in [-0.2, -0.15) is 0 Å². The van der Waals surface area contributed by atoms with Gasteiger partial charge in [0.25, 0.3) is 0 Å². The Morgan fingerprint density at radius 1 is 0.970 bits per heavy atom. The minimum atomic E-state index is -3.66. The topological polar surface area (TPSA) is 66.5 Å². The molecule has 0 atom stereocenters. The maximum atomic E-state index is 12.7. The normalized spacial score (nSPS) is 28.0. The molecule has 2 aromatic carbocycles. The maximum absolute atomic E-state index is 12.7. The molecule has 8 heteroatoms. The fourth-order valence-corrected chi connectivity index (χ4v) is 8.18. The standard InChI is InChI=1S/C25H28Cl2N2O3S/c1-33(31,32)29(15-24(30)28-22-10-20(26)9-21(27)11-22)23-4-2-19(3-5-23)25-12-16-6-17(13-25)8-18(7-16)14-25/h2-5,9-11,16-18H,6-8,12-15H2,1H3,(H,28,30). The number of benzene rings is 2. The third-order valence-corrected chi connectivity index (χ3v) is 9.22. The Morgan fingerprint density at radius 2 is 1.48 bits per heavy atom. The smallest absolute Gasteiger partial charge is 0.245 e. The summed E-state index contributed by atoms with van der Waals surface area (Å²) in [5.41, 5.74) is 2.47. The lowest BCUT2D eigenvalue weighted by Crippen LogP contribution is -2.48. The molecular formula is C25H28Cl2N2O3S. The quantitative estimate of drug-likeness (QED) is 0.532. The SMILES string of the molecule is CS(=O)(=O)N(CC(=O)Nc1cc(Cl)cc(Cl)c1)c1ccc(C23CC4CC(CC(C4)C2)C3)cc1. The van der Waals surface area contributed by atoms with E-state index in [2.05, 4.69) is 17.4 Å². The van der Waals surface area contributed by atoms with Gasteiger partial charge in [0.2, 0.25) is 15.9 Å². The van der Waals surface area contributed by atoms with Crippen LogP contribution >= 0.6 is 23.2 Å². The zero-order valence-corrected chi connectivity index (χ0v) is 20.9. The first-order valence-corrected chi connectivity index (χ1v) is 14.0. The molecule has 0 spiro atoms. The van der Waals surface area contributed by atoms with Crippen LogP contribution in [0.1, 0.15) is 44.1 Å². The Kier molecular flexibility index (Phi) is 5.91. The second kappa shape index (κ2) is 8.47. The van der Waals surface area contributed by atoms with E-state index in [9.17, 15) is 13.2 Å². The van der Waals surface area contributed by atoms with Gasteiger partial charge in [0, 0.05) is 15.7 Å². The van der Waals surface area contributed by atoms with Crippen molar-refractivity contribution in [3.8, 4) is 0 Å². The van der Waals surface area contributed by atoms with E-state index < -0.39 is 15.9 Å². The number of anilines is 2. The zero-order valence-electron chi connectivity index (χ0n) is 18.6. The fourth-order valence-electron chi connectivity index (χ4n) is 6.80.